The number of hydrogen-bond donors (Lipinski definition) is 1. The molecular weight excluding hydrogens is 1420 g/mol. The van der Waals surface area contributed by atoms with E-state index in [2.05, 4.69) is 375 Å². The van der Waals surface area contributed by atoms with Gasteiger partial charge in [-0.25, -0.2) is 0 Å². The van der Waals surface area contributed by atoms with Crippen molar-refractivity contribution in [3.8, 4) is 46.0 Å². The molecule has 11 nitrogen and oxygen atoms in total. The highest BCUT2D eigenvalue weighted by atomic mass is 32.2. The topological polar surface area (TPSA) is 88.2 Å². The highest BCUT2D eigenvalue weighted by Gasteiger charge is 2.50. The Morgan fingerprint density at radius 3 is 1.13 bits per heavy atom. The predicted octanol–water partition coefficient (Wildman–Crippen LogP) is 21.2. The van der Waals surface area contributed by atoms with Crippen LogP contribution in [0.2, 0.25) is 0 Å². The minimum atomic E-state index is -0.378. The van der Waals surface area contributed by atoms with Crippen LogP contribution in [0.5, 0.6) is 46.0 Å². The average Bonchev–Trinajstić information content (AvgIpc) is 1.64. The Morgan fingerprint density at radius 2 is 0.693 bits per heavy atom. The lowest BCUT2D eigenvalue weighted by molar-refractivity contribution is 0.457. The van der Waals surface area contributed by atoms with Crippen molar-refractivity contribution in [2.24, 2.45) is 0 Å². The van der Waals surface area contributed by atoms with Crippen molar-refractivity contribution in [1.29, 1.82) is 0 Å². The maximum absolute atomic E-state index is 7.77. The molecule has 1 N–H and O–H groups in total. The van der Waals surface area contributed by atoms with Crippen LogP contribution in [0.4, 0.5) is 73.9 Å². The molecular formula is C99H72B3N5O6S. The van der Waals surface area contributed by atoms with Crippen LogP contribution in [0.15, 0.2) is 312 Å². The van der Waals surface area contributed by atoms with Gasteiger partial charge in [0.15, 0.2) is 0 Å². The molecule has 0 fully saturated rings. The van der Waals surface area contributed by atoms with E-state index in [0.717, 1.165) is 201 Å². The zero-order chi connectivity index (χ0) is 76.1. The summed E-state index contributed by atoms with van der Waals surface area (Å²) in [5.74, 6) is 5.87. The number of anilines is 13. The summed E-state index contributed by atoms with van der Waals surface area (Å²) in [5.41, 5.74) is 27.5. The fraction of sp³-hybridized carbons (Fsp3) is 0.0909. The lowest BCUT2D eigenvalue weighted by atomic mass is 9.30. The minimum Gasteiger partial charge on any atom is -0.458 e. The van der Waals surface area contributed by atoms with E-state index >= 15 is 0 Å². The highest BCUT2D eigenvalue weighted by Crippen LogP contribution is 2.52. The van der Waals surface area contributed by atoms with Gasteiger partial charge in [-0.2, -0.15) is 0 Å². The Bertz CT molecular complexity index is 6780. The van der Waals surface area contributed by atoms with E-state index in [1.54, 1.807) is 11.9 Å². The third-order valence-corrected chi connectivity index (χ3v) is 24.7. The Labute approximate surface area is 665 Å². The number of nitrogens with zero attached hydrogens (tertiary/aromatic N) is 4. The van der Waals surface area contributed by atoms with Crippen molar-refractivity contribution in [3.63, 3.8) is 0 Å². The standard InChI is InChI=1S/C99H72B3N5O6S/c1-98(2,3)69-42-26-40-67-89-81(110-94(67)69)46-44-71-96(89)112-85-50-64(104(58-28-14-8-15-29-58)59-30-16-9-17-31-59)48-78-91(85)100(71)73-54-74-79(56-77(73)103-78)107(114-7)80-49-65(105(60-32-18-10-19-33-60)61-34-20-11-21-35-61)51-86-92(80)102(74)76-55-75-83(57-84(76)108-86)109-87-52-66(106(62-36-22-12-23-37-62)63-38-24-13-25-39-63)53-88-93(87)101(75)72-45-47-82-90(97(72)113-88)68-41-27-43-70(95(68)111-82)99(4,5)6/h8-57,103H,1-7H3. The van der Waals surface area contributed by atoms with Gasteiger partial charge in [0.25, 0.3) is 20.1 Å². The largest absolute Gasteiger partial charge is 0.458 e. The Hall–Kier alpha value is -13.4. The Kier molecular flexibility index (Phi) is 14.5. The van der Waals surface area contributed by atoms with E-state index in [1.807, 2.05) is 0 Å². The molecule has 0 saturated carbocycles. The van der Waals surface area contributed by atoms with Crippen molar-refractivity contribution in [2.75, 3.05) is 30.6 Å². The minimum absolute atomic E-state index is 0.195. The molecule has 0 unspecified atom stereocenters. The van der Waals surface area contributed by atoms with Gasteiger partial charge in [-0.3, -0.25) is 4.31 Å². The van der Waals surface area contributed by atoms with Gasteiger partial charge in [-0.15, -0.1) is 0 Å². The molecule has 8 heterocycles. The van der Waals surface area contributed by atoms with Crippen LogP contribution in [0.25, 0.3) is 43.9 Å². The zero-order valence-corrected chi connectivity index (χ0v) is 64.6. The van der Waals surface area contributed by atoms with Crippen LogP contribution in [0.1, 0.15) is 52.7 Å². The molecule has 0 atom stereocenters. The van der Waals surface area contributed by atoms with Crippen LogP contribution >= 0.6 is 11.9 Å². The molecule has 6 aliphatic heterocycles. The van der Waals surface area contributed by atoms with Crippen molar-refractivity contribution in [3.05, 3.63) is 314 Å². The molecule has 0 amide bonds. The van der Waals surface area contributed by atoms with Crippen molar-refractivity contribution in [2.45, 2.75) is 52.4 Å². The van der Waals surface area contributed by atoms with Crippen LogP contribution < -0.4 is 92.4 Å². The van der Waals surface area contributed by atoms with Gasteiger partial charge in [0.2, 0.25) is 0 Å². The third-order valence-electron chi connectivity index (χ3n) is 23.9. The number of rotatable bonds is 10. The van der Waals surface area contributed by atoms with Crippen LogP contribution in [-0.2, 0) is 10.8 Å². The zero-order valence-electron chi connectivity index (χ0n) is 63.7. The number of hydrogen-bond acceptors (Lipinski definition) is 12. The summed E-state index contributed by atoms with van der Waals surface area (Å²) in [4.78, 5) is 6.94. The fourth-order valence-corrected chi connectivity index (χ4v) is 19.7. The third kappa shape index (κ3) is 10.0. The smallest absolute Gasteiger partial charge is 0.260 e. The average molecular weight is 1490 g/mol. The summed E-state index contributed by atoms with van der Waals surface area (Å²) in [5, 5.41) is 8.10. The number of furan rings is 2. The molecule has 23 rings (SSSR count). The SMILES string of the molecule is CSN1c2cc3c(cc2B2c4cc5c(cc4Oc4cc(N(c6ccccc6)c6ccccc6)cc1c42)Oc1cc(N(c2ccccc2)c2ccccc2)cc2c1B5c1ccc4oc5c(C(C)(C)C)cccc5c4c1O2)B1c2ccc4oc5c(C(C)(C)C)cccc5c4c2Oc2cc(N(c4ccccc4)c4ccccc4)cc(c21)N3. The summed E-state index contributed by atoms with van der Waals surface area (Å²) in [6, 6.07) is 109. The van der Waals surface area contributed by atoms with Gasteiger partial charge in [-0.1, -0.05) is 211 Å². The number of nitrogens with one attached hydrogen (secondary N) is 1. The van der Waals surface area contributed by atoms with E-state index in [4.69, 9.17) is 27.8 Å². The van der Waals surface area contributed by atoms with Crippen molar-refractivity contribution >= 4 is 199 Å². The monoisotopic (exact) mass is 1490 g/mol. The predicted molar refractivity (Wildman–Crippen MR) is 474 cm³/mol. The molecule has 544 valence electrons. The van der Waals surface area contributed by atoms with Crippen LogP contribution in [0, 0.1) is 0 Å². The lowest BCUT2D eigenvalue weighted by Gasteiger charge is -2.42. The Morgan fingerprint density at radius 1 is 0.307 bits per heavy atom. The summed E-state index contributed by atoms with van der Waals surface area (Å²) >= 11 is 1.70. The lowest BCUT2D eigenvalue weighted by Crippen LogP contribution is -2.64. The molecule has 6 aliphatic rings. The first-order chi connectivity index (χ1) is 55.7. The molecule has 0 spiro atoms. The fourth-order valence-electron chi connectivity index (χ4n) is 19.0. The molecule has 0 radical (unpaired) electrons. The first kappa shape index (κ1) is 66.4. The van der Waals surface area contributed by atoms with Crippen LogP contribution in [-0.4, -0.2) is 26.4 Å². The van der Waals surface area contributed by atoms with E-state index in [1.165, 1.54) is 0 Å². The maximum Gasteiger partial charge on any atom is 0.260 e. The number of fused-ring (bicyclic) bond motifs is 20. The number of para-hydroxylation sites is 8. The van der Waals surface area contributed by atoms with E-state index in [-0.39, 0.29) is 31.0 Å². The second-order valence-electron chi connectivity index (χ2n) is 32.7. The molecule has 15 heteroatoms. The van der Waals surface area contributed by atoms with Gasteiger partial charge in [-0.05, 0) is 170 Å². The van der Waals surface area contributed by atoms with Gasteiger partial charge < -0.3 is 47.8 Å². The molecule has 0 saturated heterocycles. The summed E-state index contributed by atoms with van der Waals surface area (Å²) in [6.07, 6.45) is 2.19. The summed E-state index contributed by atoms with van der Waals surface area (Å²) in [7, 11) is 0. The second-order valence-corrected chi connectivity index (χ2v) is 33.4. The summed E-state index contributed by atoms with van der Waals surface area (Å²) < 4.78 is 47.2. The maximum atomic E-state index is 7.77. The van der Waals surface area contributed by atoms with Crippen LogP contribution in [0.3, 0.4) is 0 Å². The quantitative estimate of drug-likeness (QED) is 0.104. The van der Waals surface area contributed by atoms with Gasteiger partial charge >= 0.3 is 0 Å². The molecule has 0 aliphatic carbocycles. The van der Waals surface area contributed by atoms with Crippen molar-refractivity contribution < 1.29 is 27.8 Å². The number of ether oxygens (including phenoxy) is 4. The van der Waals surface area contributed by atoms with E-state index < -0.39 is 0 Å². The molecule has 0 bridgehead atoms. The van der Waals surface area contributed by atoms with Gasteiger partial charge in [0.1, 0.15) is 68.3 Å². The Balaban J connectivity index is 0.778. The van der Waals surface area contributed by atoms with Gasteiger partial charge in [0.05, 0.1) is 33.5 Å². The van der Waals surface area contributed by atoms with E-state index in [0.29, 0.717) is 23.0 Å². The first-order valence-electron chi connectivity index (χ1n) is 39.1. The van der Waals surface area contributed by atoms with Gasteiger partial charge in [0, 0.05) is 115 Å². The van der Waals surface area contributed by atoms with Crippen molar-refractivity contribution in [1.82, 2.24) is 0 Å². The van der Waals surface area contributed by atoms with E-state index in [9.17, 15) is 0 Å². The molecule has 2 aromatic heterocycles. The molecule has 15 aromatic carbocycles. The first-order valence-corrected chi connectivity index (χ1v) is 40.3. The highest BCUT2D eigenvalue weighted by molar-refractivity contribution is 8.00. The molecule has 17 aromatic rings. The normalized spacial score (nSPS) is 13.5. The number of benzene rings is 15. The second kappa shape index (κ2) is 24.8. The summed E-state index contributed by atoms with van der Waals surface area (Å²) in [6.45, 7) is 12.4. The molecule has 114 heavy (non-hydrogen) atoms.